The van der Waals surface area contributed by atoms with Crippen LogP contribution in [-0.4, -0.2) is 9.13 Å². The number of hydrogen-bond acceptors (Lipinski definition) is 2. The molecule has 0 fully saturated rings. The van der Waals surface area contributed by atoms with E-state index >= 15 is 0 Å². The van der Waals surface area contributed by atoms with Gasteiger partial charge in [0.15, 0.2) is 0 Å². The number of nitrogens with zero attached hydrogens (tertiary/aromatic N) is 2. The van der Waals surface area contributed by atoms with Gasteiger partial charge in [-0.1, -0.05) is 91.9 Å². The van der Waals surface area contributed by atoms with Gasteiger partial charge in [0.25, 0.3) is 0 Å². The van der Waals surface area contributed by atoms with Gasteiger partial charge < -0.3 is 18.0 Å². The number of benzene rings is 9. The molecule has 0 N–H and O–H groups in total. The molecule has 0 aliphatic rings. The second-order valence-electron chi connectivity index (χ2n) is 16.8. The molecule has 0 unspecified atom stereocenters. The Bertz CT molecular complexity index is 4020. The Morgan fingerprint density at radius 2 is 0.825 bits per heavy atom. The van der Waals surface area contributed by atoms with Crippen LogP contribution in [0.5, 0.6) is 0 Å². The van der Waals surface area contributed by atoms with Crippen LogP contribution in [-0.2, 0) is 12.8 Å². The summed E-state index contributed by atoms with van der Waals surface area (Å²) in [5.74, 6) is 0. The van der Waals surface area contributed by atoms with Crippen LogP contribution in [0, 0.1) is 0 Å². The average molecular weight is 809 g/mol. The lowest BCUT2D eigenvalue weighted by atomic mass is 9.97. The summed E-state index contributed by atoms with van der Waals surface area (Å²) in [6.45, 7) is 6.18. The fourth-order valence-electron chi connectivity index (χ4n) is 10.2. The molecule has 298 valence electrons. The lowest BCUT2D eigenvalue weighted by Crippen LogP contribution is -1.93. The van der Waals surface area contributed by atoms with Crippen LogP contribution < -0.4 is 0 Å². The average Bonchev–Trinajstić information content (AvgIpc) is 4.08. The minimum absolute atomic E-state index is 0.844. The van der Waals surface area contributed by atoms with Crippen molar-refractivity contribution >= 4 is 87.5 Å². The van der Waals surface area contributed by atoms with Crippen molar-refractivity contribution in [1.29, 1.82) is 0 Å². The zero-order valence-corrected chi connectivity index (χ0v) is 34.7. The number of rotatable bonds is 7. The largest absolute Gasteiger partial charge is 0.456 e. The molecule has 4 heterocycles. The Labute approximate surface area is 363 Å². The fraction of sp³-hybridized carbons (Fsp3) is 0.0508. The highest BCUT2D eigenvalue weighted by Crippen LogP contribution is 2.40. The van der Waals surface area contributed by atoms with E-state index in [1.54, 1.807) is 0 Å². The highest BCUT2D eigenvalue weighted by atomic mass is 16.3. The summed E-state index contributed by atoms with van der Waals surface area (Å²) in [6.07, 6.45) is 3.82. The molecular formula is C59H40N2O2. The molecule has 0 atom stereocenters. The van der Waals surface area contributed by atoms with Crippen molar-refractivity contribution in [3.63, 3.8) is 0 Å². The van der Waals surface area contributed by atoms with Crippen LogP contribution in [0.25, 0.3) is 121 Å². The number of hydrogen-bond donors (Lipinski definition) is 0. The van der Waals surface area contributed by atoms with Crippen LogP contribution in [0.3, 0.4) is 0 Å². The first-order chi connectivity index (χ1) is 31.1. The van der Waals surface area contributed by atoms with Gasteiger partial charge >= 0.3 is 0 Å². The Balaban J connectivity index is 0.894. The number of aryl methyl sites for hydroxylation is 1. The van der Waals surface area contributed by atoms with E-state index in [9.17, 15) is 0 Å². The molecule has 0 radical (unpaired) electrons. The second kappa shape index (κ2) is 13.7. The maximum Gasteiger partial charge on any atom is 0.135 e. The van der Waals surface area contributed by atoms with Crippen LogP contribution in [0.15, 0.2) is 203 Å². The molecule has 4 aromatic heterocycles. The van der Waals surface area contributed by atoms with Gasteiger partial charge in [0.2, 0.25) is 0 Å². The summed E-state index contributed by atoms with van der Waals surface area (Å²) in [5, 5.41) is 9.44. The van der Waals surface area contributed by atoms with Crippen molar-refractivity contribution in [3.05, 3.63) is 206 Å². The molecule has 0 bridgehead atoms. The third-order valence-electron chi connectivity index (χ3n) is 13.2. The monoisotopic (exact) mass is 808 g/mol. The predicted molar refractivity (Wildman–Crippen MR) is 264 cm³/mol. The van der Waals surface area contributed by atoms with Crippen molar-refractivity contribution < 1.29 is 8.83 Å². The van der Waals surface area contributed by atoms with Gasteiger partial charge in [-0.15, -0.1) is 6.58 Å². The van der Waals surface area contributed by atoms with E-state index in [4.69, 9.17) is 8.83 Å². The van der Waals surface area contributed by atoms with Gasteiger partial charge in [0, 0.05) is 54.5 Å². The first kappa shape index (κ1) is 35.7. The number of furan rings is 2. The molecule has 0 saturated carbocycles. The predicted octanol–water partition coefficient (Wildman–Crippen LogP) is 16.3. The van der Waals surface area contributed by atoms with Crippen LogP contribution in [0.4, 0.5) is 0 Å². The van der Waals surface area contributed by atoms with Gasteiger partial charge in [-0.25, -0.2) is 0 Å². The Hall–Kier alpha value is -8.08. The summed E-state index contributed by atoms with van der Waals surface area (Å²) in [4.78, 5) is 0. The minimum Gasteiger partial charge on any atom is -0.456 e. The quantitative estimate of drug-likeness (QED) is 0.150. The third-order valence-corrected chi connectivity index (χ3v) is 13.2. The summed E-state index contributed by atoms with van der Waals surface area (Å²) in [5.41, 5.74) is 17.7. The molecule has 13 rings (SSSR count). The van der Waals surface area contributed by atoms with E-state index in [0.717, 1.165) is 90.3 Å². The molecule has 0 spiro atoms. The molecule has 4 heteroatoms. The number of para-hydroxylation sites is 2. The Morgan fingerprint density at radius 3 is 1.35 bits per heavy atom. The molecule has 13 aromatic rings. The van der Waals surface area contributed by atoms with Crippen molar-refractivity contribution in [2.45, 2.75) is 19.8 Å². The van der Waals surface area contributed by atoms with Crippen LogP contribution in [0.1, 0.15) is 18.1 Å². The lowest BCUT2D eigenvalue weighted by Gasteiger charge is -2.09. The van der Waals surface area contributed by atoms with E-state index in [-0.39, 0.29) is 0 Å². The van der Waals surface area contributed by atoms with E-state index in [0.29, 0.717) is 0 Å². The van der Waals surface area contributed by atoms with E-state index in [2.05, 4.69) is 205 Å². The molecular weight excluding hydrogens is 769 g/mol. The molecule has 0 amide bonds. The lowest BCUT2D eigenvalue weighted by molar-refractivity contribution is 0.668. The zero-order valence-electron chi connectivity index (χ0n) is 34.7. The standard InChI is InChI=1S/C59H40N2O2/c1-3-10-37-18-24-55-47(30-37)45-14-6-8-16-53(45)61(55)43-22-28-59-51(35-43)49-33-41(20-26-57(49)63-59)39-12-9-11-38(31-39)40-19-25-56-48(32-40)50-34-42(21-27-58(50)62-56)60-52-15-7-5-13-44(52)46-29-36(4-2)17-23-54(46)60/h3,5-9,11-35H,1,4,10H2,2H3. The minimum atomic E-state index is 0.844. The Morgan fingerprint density at radius 1 is 0.381 bits per heavy atom. The summed E-state index contributed by atoms with van der Waals surface area (Å²) < 4.78 is 17.7. The molecule has 0 aliphatic heterocycles. The van der Waals surface area contributed by atoms with E-state index in [1.807, 2.05) is 6.08 Å². The van der Waals surface area contributed by atoms with Crippen LogP contribution in [0.2, 0.25) is 0 Å². The first-order valence-electron chi connectivity index (χ1n) is 21.8. The summed E-state index contributed by atoms with van der Waals surface area (Å²) in [7, 11) is 0. The molecule has 63 heavy (non-hydrogen) atoms. The number of aromatic nitrogens is 2. The normalized spacial score (nSPS) is 12.1. The van der Waals surface area contributed by atoms with E-state index in [1.165, 1.54) is 54.7 Å². The van der Waals surface area contributed by atoms with Crippen molar-refractivity contribution in [2.75, 3.05) is 0 Å². The summed E-state index contributed by atoms with van der Waals surface area (Å²) >= 11 is 0. The summed E-state index contributed by atoms with van der Waals surface area (Å²) in [6, 6.07) is 66.2. The van der Waals surface area contributed by atoms with Gasteiger partial charge in [-0.3, -0.25) is 0 Å². The first-order valence-corrected chi connectivity index (χ1v) is 21.8. The smallest absolute Gasteiger partial charge is 0.135 e. The van der Waals surface area contributed by atoms with Crippen molar-refractivity contribution in [1.82, 2.24) is 9.13 Å². The maximum atomic E-state index is 6.45. The maximum absolute atomic E-state index is 6.45. The highest BCUT2D eigenvalue weighted by molar-refractivity contribution is 6.13. The second-order valence-corrected chi connectivity index (χ2v) is 16.8. The SMILES string of the molecule is C=CCc1ccc2c(c1)c1ccccc1n2-c1ccc2oc3ccc(-c4cccc(-c5ccc6oc7ccc(-n8c9ccccc9c9cc(CC)ccc98)cc7c6c5)c4)cc3c2c1. The van der Waals surface area contributed by atoms with Gasteiger partial charge in [0.1, 0.15) is 22.3 Å². The fourth-order valence-corrected chi connectivity index (χ4v) is 10.2. The van der Waals surface area contributed by atoms with Gasteiger partial charge in [-0.05, 0) is 149 Å². The topological polar surface area (TPSA) is 36.1 Å². The third kappa shape index (κ3) is 5.48. The van der Waals surface area contributed by atoms with Gasteiger partial charge in [0.05, 0.1) is 22.1 Å². The number of fused-ring (bicyclic) bond motifs is 12. The molecule has 0 aliphatic carbocycles. The molecule has 9 aromatic carbocycles. The Kier molecular flexibility index (Phi) is 7.76. The van der Waals surface area contributed by atoms with Gasteiger partial charge in [-0.2, -0.15) is 0 Å². The van der Waals surface area contributed by atoms with Crippen molar-refractivity contribution in [2.24, 2.45) is 0 Å². The van der Waals surface area contributed by atoms with Crippen LogP contribution >= 0.6 is 0 Å². The van der Waals surface area contributed by atoms with E-state index < -0.39 is 0 Å². The number of allylic oxidation sites excluding steroid dienone is 1. The van der Waals surface area contributed by atoms with Crippen molar-refractivity contribution in [3.8, 4) is 33.6 Å². The molecule has 4 nitrogen and oxygen atoms in total. The zero-order chi connectivity index (χ0) is 41.8. The molecule has 0 saturated heterocycles. The highest BCUT2D eigenvalue weighted by Gasteiger charge is 2.18.